The van der Waals surface area contributed by atoms with Crippen molar-refractivity contribution in [2.75, 3.05) is 0 Å². The molecule has 0 saturated heterocycles. The zero-order valence-electron chi connectivity index (χ0n) is 9.86. The normalized spacial score (nSPS) is 10.8. The third-order valence-electron chi connectivity index (χ3n) is 2.81. The molecule has 0 unspecified atom stereocenters. The summed E-state index contributed by atoms with van der Waals surface area (Å²) in [5.41, 5.74) is 0.982. The maximum absolute atomic E-state index is 14.0. The van der Waals surface area contributed by atoms with E-state index in [0.29, 0.717) is 5.39 Å². The molecular formula is C14H10F2N2O. The fourth-order valence-corrected chi connectivity index (χ4v) is 1.86. The molecule has 1 aromatic heterocycles. The zero-order valence-corrected chi connectivity index (χ0v) is 9.86. The van der Waals surface area contributed by atoms with Gasteiger partial charge >= 0.3 is 0 Å². The molecule has 2 aromatic carbocycles. The molecule has 0 saturated carbocycles. The van der Waals surface area contributed by atoms with E-state index in [-0.39, 0.29) is 17.9 Å². The van der Waals surface area contributed by atoms with E-state index in [4.69, 9.17) is 4.74 Å². The first-order chi connectivity index (χ1) is 9.25. The Labute approximate surface area is 107 Å². The highest BCUT2D eigenvalue weighted by Gasteiger charge is 2.16. The summed E-state index contributed by atoms with van der Waals surface area (Å²) >= 11 is 0. The van der Waals surface area contributed by atoms with Gasteiger partial charge in [-0.3, -0.25) is 5.10 Å². The van der Waals surface area contributed by atoms with Crippen LogP contribution in [0.5, 0.6) is 5.75 Å². The van der Waals surface area contributed by atoms with Crippen LogP contribution in [0.15, 0.2) is 42.6 Å². The monoisotopic (exact) mass is 260 g/mol. The van der Waals surface area contributed by atoms with Gasteiger partial charge < -0.3 is 4.74 Å². The highest BCUT2D eigenvalue weighted by molar-refractivity contribution is 5.80. The highest BCUT2D eigenvalue weighted by atomic mass is 19.1. The number of fused-ring (bicyclic) bond motifs is 1. The van der Waals surface area contributed by atoms with E-state index in [9.17, 15) is 8.78 Å². The van der Waals surface area contributed by atoms with Crippen LogP contribution in [0.4, 0.5) is 8.78 Å². The largest absolute Gasteiger partial charge is 0.483 e. The minimum absolute atomic E-state index is 0.105. The number of hydrogen-bond acceptors (Lipinski definition) is 2. The summed E-state index contributed by atoms with van der Waals surface area (Å²) in [6.07, 6.45) is 1.36. The molecule has 0 aliphatic carbocycles. The van der Waals surface area contributed by atoms with Gasteiger partial charge in [-0.25, -0.2) is 8.78 Å². The lowest BCUT2D eigenvalue weighted by molar-refractivity contribution is 0.275. The van der Waals surface area contributed by atoms with Crippen LogP contribution >= 0.6 is 0 Å². The second-order valence-corrected chi connectivity index (χ2v) is 4.11. The molecule has 0 spiro atoms. The predicted octanol–water partition coefficient (Wildman–Crippen LogP) is 3.42. The molecule has 0 radical (unpaired) electrons. The van der Waals surface area contributed by atoms with Gasteiger partial charge in [0.05, 0.1) is 6.20 Å². The summed E-state index contributed by atoms with van der Waals surface area (Å²) in [6.45, 7) is 0.105. The van der Waals surface area contributed by atoms with Crippen LogP contribution < -0.4 is 4.74 Å². The van der Waals surface area contributed by atoms with E-state index < -0.39 is 11.6 Å². The van der Waals surface area contributed by atoms with Gasteiger partial charge in [0.1, 0.15) is 12.1 Å². The summed E-state index contributed by atoms with van der Waals surface area (Å²) < 4.78 is 33.0. The lowest BCUT2D eigenvalue weighted by Gasteiger charge is -2.08. The average Bonchev–Trinajstić information content (AvgIpc) is 2.88. The number of H-pyrrole nitrogens is 1. The van der Waals surface area contributed by atoms with E-state index in [1.54, 1.807) is 0 Å². The van der Waals surface area contributed by atoms with Crippen molar-refractivity contribution in [3.05, 3.63) is 59.8 Å². The van der Waals surface area contributed by atoms with Crippen molar-refractivity contribution < 1.29 is 13.5 Å². The van der Waals surface area contributed by atoms with Crippen LogP contribution in [-0.4, -0.2) is 10.2 Å². The third kappa shape index (κ3) is 2.14. The number of aromatic nitrogens is 2. The molecule has 1 N–H and O–H groups in total. The van der Waals surface area contributed by atoms with Crippen LogP contribution in [0.2, 0.25) is 0 Å². The molecule has 0 bridgehead atoms. The van der Waals surface area contributed by atoms with Gasteiger partial charge in [-0.15, -0.1) is 0 Å². The quantitative estimate of drug-likeness (QED) is 0.783. The second kappa shape index (κ2) is 4.68. The lowest BCUT2D eigenvalue weighted by Crippen LogP contribution is -2.00. The summed E-state index contributed by atoms with van der Waals surface area (Å²) in [5.74, 6) is -1.88. The van der Waals surface area contributed by atoms with Gasteiger partial charge in [-0.1, -0.05) is 30.3 Å². The van der Waals surface area contributed by atoms with Gasteiger partial charge in [0.2, 0.25) is 0 Å². The predicted molar refractivity (Wildman–Crippen MR) is 66.8 cm³/mol. The number of ether oxygens (including phenoxy) is 1. The molecule has 3 aromatic rings. The Morgan fingerprint density at radius 1 is 1.16 bits per heavy atom. The van der Waals surface area contributed by atoms with Crippen molar-refractivity contribution in [1.29, 1.82) is 0 Å². The van der Waals surface area contributed by atoms with Crippen LogP contribution in [0.1, 0.15) is 5.56 Å². The Hall–Kier alpha value is -2.43. The molecule has 5 heteroatoms. The van der Waals surface area contributed by atoms with E-state index in [1.165, 1.54) is 12.3 Å². The molecule has 0 atom stereocenters. The number of halogens is 2. The number of aromatic amines is 1. The minimum Gasteiger partial charge on any atom is -0.483 e. The van der Waals surface area contributed by atoms with Crippen molar-refractivity contribution >= 4 is 10.9 Å². The fraction of sp³-hybridized carbons (Fsp3) is 0.0714. The van der Waals surface area contributed by atoms with Gasteiger partial charge in [0.25, 0.3) is 0 Å². The van der Waals surface area contributed by atoms with Crippen molar-refractivity contribution in [3.8, 4) is 5.75 Å². The van der Waals surface area contributed by atoms with Crippen molar-refractivity contribution in [2.24, 2.45) is 0 Å². The summed E-state index contributed by atoms with van der Waals surface area (Å²) in [6, 6.07) is 10.4. The van der Waals surface area contributed by atoms with E-state index >= 15 is 0 Å². The summed E-state index contributed by atoms with van der Waals surface area (Å²) in [4.78, 5) is 0. The van der Waals surface area contributed by atoms with Crippen molar-refractivity contribution in [3.63, 3.8) is 0 Å². The maximum atomic E-state index is 14.0. The molecule has 0 aliphatic rings. The summed E-state index contributed by atoms with van der Waals surface area (Å²) in [7, 11) is 0. The number of hydrogen-bond donors (Lipinski definition) is 1. The van der Waals surface area contributed by atoms with Crippen LogP contribution in [0.25, 0.3) is 10.9 Å². The molecule has 0 fully saturated rings. The fourth-order valence-electron chi connectivity index (χ4n) is 1.86. The zero-order chi connectivity index (χ0) is 13.2. The molecule has 3 rings (SSSR count). The second-order valence-electron chi connectivity index (χ2n) is 4.11. The van der Waals surface area contributed by atoms with Gasteiger partial charge in [-0.2, -0.15) is 5.10 Å². The highest BCUT2D eigenvalue weighted by Crippen LogP contribution is 2.28. The standard InChI is InChI=1S/C14H10F2N2O/c15-11-6-10-7-17-18-13(10)12(16)14(11)19-8-9-4-2-1-3-5-9/h1-7H,8H2,(H,17,18). The first kappa shape index (κ1) is 11.6. The van der Waals surface area contributed by atoms with Gasteiger partial charge in [0, 0.05) is 5.39 Å². The topological polar surface area (TPSA) is 37.9 Å². The van der Waals surface area contributed by atoms with Gasteiger partial charge in [0.15, 0.2) is 17.4 Å². The third-order valence-corrected chi connectivity index (χ3v) is 2.81. The molecule has 0 amide bonds. The van der Waals surface area contributed by atoms with E-state index in [2.05, 4.69) is 10.2 Å². The Morgan fingerprint density at radius 3 is 2.74 bits per heavy atom. The lowest BCUT2D eigenvalue weighted by atomic mass is 10.2. The van der Waals surface area contributed by atoms with Crippen LogP contribution in [0, 0.1) is 11.6 Å². The molecule has 19 heavy (non-hydrogen) atoms. The van der Waals surface area contributed by atoms with Crippen molar-refractivity contribution in [2.45, 2.75) is 6.61 Å². The minimum atomic E-state index is -0.761. The Kier molecular flexibility index (Phi) is 2.87. The molecular weight excluding hydrogens is 250 g/mol. The Bertz CT molecular complexity index is 710. The van der Waals surface area contributed by atoms with Crippen molar-refractivity contribution in [1.82, 2.24) is 10.2 Å². The SMILES string of the molecule is Fc1cc2cn[nH]c2c(F)c1OCc1ccccc1. The van der Waals surface area contributed by atoms with Crippen LogP contribution in [0.3, 0.4) is 0 Å². The summed E-state index contributed by atoms with van der Waals surface area (Å²) in [5, 5.41) is 6.53. The Balaban J connectivity index is 1.92. The number of nitrogens with zero attached hydrogens (tertiary/aromatic N) is 1. The first-order valence-corrected chi connectivity index (χ1v) is 5.73. The van der Waals surface area contributed by atoms with E-state index in [0.717, 1.165) is 5.56 Å². The maximum Gasteiger partial charge on any atom is 0.193 e. The molecule has 1 heterocycles. The smallest absolute Gasteiger partial charge is 0.193 e. The number of rotatable bonds is 3. The van der Waals surface area contributed by atoms with Gasteiger partial charge in [-0.05, 0) is 11.6 Å². The molecule has 0 aliphatic heterocycles. The molecule has 96 valence electrons. The first-order valence-electron chi connectivity index (χ1n) is 5.73. The molecule has 3 nitrogen and oxygen atoms in total. The number of nitrogens with one attached hydrogen (secondary N) is 1. The average molecular weight is 260 g/mol. The van der Waals surface area contributed by atoms with E-state index in [1.807, 2.05) is 30.3 Å². The van der Waals surface area contributed by atoms with Crippen LogP contribution in [-0.2, 0) is 6.61 Å². The number of benzene rings is 2. The Morgan fingerprint density at radius 2 is 1.95 bits per heavy atom.